The van der Waals surface area contributed by atoms with Crippen molar-refractivity contribution in [1.29, 1.82) is 0 Å². The minimum Gasteiger partial charge on any atom is -0.344 e. The van der Waals surface area contributed by atoms with Crippen LogP contribution in [-0.4, -0.2) is 4.98 Å². The van der Waals surface area contributed by atoms with Crippen molar-refractivity contribution >= 4 is 16.5 Å². The second-order valence-corrected chi connectivity index (χ2v) is 6.58. The third-order valence-electron chi connectivity index (χ3n) is 4.30. The monoisotopic (exact) mass is 341 g/mol. The van der Waals surface area contributed by atoms with E-state index in [1.54, 1.807) is 6.20 Å². The molecule has 1 aromatic heterocycles. The third-order valence-corrected chi connectivity index (χ3v) is 4.93. The minimum atomic E-state index is -0.518. The van der Waals surface area contributed by atoms with Crippen molar-refractivity contribution in [2.24, 2.45) is 0 Å². The first-order chi connectivity index (χ1) is 12.4. The van der Waals surface area contributed by atoms with Crippen LogP contribution in [0.15, 0.2) is 97.2 Å². The molecule has 0 aliphatic rings. The Balaban J connectivity index is 2.01. The SMILES string of the molecule is [c]1cnc(NC(c2ccccc2)(c2ccccc2)c2ccccc2)s1. The standard InChI is InChI=1S/C22H17N2S/c1-4-10-18(11-5-1)22(19-12-6-2-7-13-19,20-14-8-3-9-15-20)24-21-23-16-17-25-21/h1-16H,(H,23,24). The molecular weight excluding hydrogens is 324 g/mol. The van der Waals surface area contributed by atoms with E-state index in [9.17, 15) is 0 Å². The maximum atomic E-state index is 4.43. The van der Waals surface area contributed by atoms with E-state index < -0.39 is 5.54 Å². The molecule has 0 atom stereocenters. The molecule has 1 N–H and O–H groups in total. The Morgan fingerprint density at radius 2 is 1.12 bits per heavy atom. The van der Waals surface area contributed by atoms with Gasteiger partial charge in [0.2, 0.25) is 0 Å². The van der Waals surface area contributed by atoms with Gasteiger partial charge in [0.1, 0.15) is 5.54 Å². The van der Waals surface area contributed by atoms with E-state index in [-0.39, 0.29) is 0 Å². The molecule has 0 saturated heterocycles. The van der Waals surface area contributed by atoms with Gasteiger partial charge in [-0.2, -0.15) is 0 Å². The van der Waals surface area contributed by atoms with Gasteiger partial charge in [0.25, 0.3) is 0 Å². The highest BCUT2D eigenvalue weighted by Gasteiger charge is 2.36. The van der Waals surface area contributed by atoms with E-state index in [0.29, 0.717) is 0 Å². The lowest BCUT2D eigenvalue weighted by molar-refractivity contribution is 0.710. The fraction of sp³-hybridized carbons (Fsp3) is 0.0455. The van der Waals surface area contributed by atoms with Crippen LogP contribution in [0.1, 0.15) is 16.7 Å². The molecule has 0 aliphatic carbocycles. The molecule has 25 heavy (non-hydrogen) atoms. The molecule has 3 aromatic carbocycles. The Labute approximate surface area is 151 Å². The van der Waals surface area contributed by atoms with Gasteiger partial charge < -0.3 is 5.32 Å². The zero-order valence-electron chi connectivity index (χ0n) is 13.6. The molecule has 1 heterocycles. The van der Waals surface area contributed by atoms with Gasteiger partial charge in [-0.1, -0.05) is 102 Å². The maximum absolute atomic E-state index is 4.43. The molecule has 0 amide bonds. The Hall–Kier alpha value is -2.91. The van der Waals surface area contributed by atoms with E-state index in [1.165, 1.54) is 28.0 Å². The van der Waals surface area contributed by atoms with Crippen LogP contribution in [0.25, 0.3) is 0 Å². The van der Waals surface area contributed by atoms with E-state index in [0.717, 1.165) is 5.13 Å². The predicted octanol–water partition coefficient (Wildman–Crippen LogP) is 5.35. The molecule has 0 spiro atoms. The minimum absolute atomic E-state index is 0.518. The van der Waals surface area contributed by atoms with Gasteiger partial charge in [0, 0.05) is 6.20 Å². The third kappa shape index (κ3) is 2.94. The zero-order valence-corrected chi connectivity index (χ0v) is 14.4. The number of hydrogen-bond donors (Lipinski definition) is 1. The van der Waals surface area contributed by atoms with Crippen LogP contribution in [0, 0.1) is 5.38 Å². The molecule has 0 aliphatic heterocycles. The maximum Gasteiger partial charge on any atom is 0.184 e. The molecular formula is C22H17N2S. The highest BCUT2D eigenvalue weighted by Crippen LogP contribution is 2.40. The lowest BCUT2D eigenvalue weighted by atomic mass is 9.77. The predicted molar refractivity (Wildman–Crippen MR) is 104 cm³/mol. The van der Waals surface area contributed by atoms with Crippen molar-refractivity contribution < 1.29 is 0 Å². The molecule has 4 aromatic rings. The summed E-state index contributed by atoms with van der Waals surface area (Å²) in [5, 5.41) is 7.62. The van der Waals surface area contributed by atoms with Crippen LogP contribution in [0.4, 0.5) is 5.13 Å². The first kappa shape index (κ1) is 15.6. The second kappa shape index (κ2) is 6.91. The van der Waals surface area contributed by atoms with E-state index in [1.807, 2.05) is 18.2 Å². The van der Waals surface area contributed by atoms with Gasteiger partial charge in [-0.25, -0.2) is 4.98 Å². The van der Waals surface area contributed by atoms with Crippen molar-refractivity contribution in [3.63, 3.8) is 0 Å². The summed E-state index contributed by atoms with van der Waals surface area (Å²) < 4.78 is 0. The molecule has 0 bridgehead atoms. The molecule has 2 nitrogen and oxygen atoms in total. The fourth-order valence-electron chi connectivity index (χ4n) is 3.19. The number of thiazole rings is 1. The summed E-state index contributed by atoms with van der Waals surface area (Å²) in [6.45, 7) is 0. The van der Waals surface area contributed by atoms with Crippen molar-refractivity contribution in [2.75, 3.05) is 5.32 Å². The highest BCUT2D eigenvalue weighted by atomic mass is 32.1. The first-order valence-electron chi connectivity index (χ1n) is 8.16. The second-order valence-electron chi connectivity index (χ2n) is 5.76. The summed E-state index contributed by atoms with van der Waals surface area (Å²) in [7, 11) is 0. The number of nitrogens with zero attached hydrogens (tertiary/aromatic N) is 1. The number of benzene rings is 3. The lowest BCUT2D eigenvalue weighted by Crippen LogP contribution is -2.38. The summed E-state index contributed by atoms with van der Waals surface area (Å²) in [5.74, 6) is 0. The van der Waals surface area contributed by atoms with Crippen LogP contribution in [-0.2, 0) is 5.54 Å². The van der Waals surface area contributed by atoms with Crippen molar-refractivity contribution in [1.82, 2.24) is 4.98 Å². The van der Waals surface area contributed by atoms with E-state index >= 15 is 0 Å². The number of rotatable bonds is 5. The van der Waals surface area contributed by atoms with Crippen LogP contribution in [0.5, 0.6) is 0 Å². The molecule has 121 valence electrons. The van der Waals surface area contributed by atoms with Crippen molar-refractivity contribution in [3.05, 3.63) is 119 Å². The summed E-state index contributed by atoms with van der Waals surface area (Å²) in [5.41, 5.74) is 2.99. The van der Waals surface area contributed by atoms with Crippen molar-refractivity contribution in [3.8, 4) is 0 Å². The normalized spacial score (nSPS) is 11.2. The number of aromatic nitrogens is 1. The highest BCUT2D eigenvalue weighted by molar-refractivity contribution is 7.13. The Morgan fingerprint density at radius 3 is 1.48 bits per heavy atom. The molecule has 0 fully saturated rings. The summed E-state index contributed by atoms with van der Waals surface area (Å²) in [4.78, 5) is 4.43. The lowest BCUT2D eigenvalue weighted by Gasteiger charge is -2.36. The van der Waals surface area contributed by atoms with Gasteiger partial charge in [-0.15, -0.1) is 0 Å². The number of nitrogens with one attached hydrogen (secondary N) is 1. The van der Waals surface area contributed by atoms with E-state index in [2.05, 4.69) is 88.5 Å². The summed E-state index contributed by atoms with van der Waals surface area (Å²) in [6.07, 6.45) is 1.71. The largest absolute Gasteiger partial charge is 0.344 e. The molecule has 0 unspecified atom stereocenters. The van der Waals surface area contributed by atoms with Crippen LogP contribution < -0.4 is 5.32 Å². The van der Waals surface area contributed by atoms with Gasteiger partial charge in [0.15, 0.2) is 5.13 Å². The Morgan fingerprint density at radius 1 is 0.680 bits per heavy atom. The Kier molecular flexibility index (Phi) is 4.32. The van der Waals surface area contributed by atoms with Gasteiger partial charge in [-0.3, -0.25) is 0 Å². The molecule has 4 rings (SSSR count). The molecule has 3 heteroatoms. The van der Waals surface area contributed by atoms with Crippen LogP contribution in [0.2, 0.25) is 0 Å². The fourth-order valence-corrected chi connectivity index (χ4v) is 3.72. The summed E-state index contributed by atoms with van der Waals surface area (Å²) >= 11 is 1.49. The molecule has 1 radical (unpaired) electrons. The Bertz CT molecular complexity index is 808. The summed E-state index contributed by atoms with van der Waals surface area (Å²) in [6, 6.07) is 31.5. The average Bonchev–Trinajstić information content (AvgIpc) is 3.21. The van der Waals surface area contributed by atoms with Crippen molar-refractivity contribution in [2.45, 2.75) is 5.54 Å². The topological polar surface area (TPSA) is 24.9 Å². The van der Waals surface area contributed by atoms with Crippen LogP contribution >= 0.6 is 11.3 Å². The zero-order chi connectivity index (χ0) is 17.0. The average molecular weight is 341 g/mol. The van der Waals surface area contributed by atoms with E-state index in [4.69, 9.17) is 0 Å². The van der Waals surface area contributed by atoms with Gasteiger partial charge in [-0.05, 0) is 16.7 Å². The van der Waals surface area contributed by atoms with Gasteiger partial charge >= 0.3 is 0 Å². The van der Waals surface area contributed by atoms with Crippen LogP contribution in [0.3, 0.4) is 0 Å². The first-order valence-corrected chi connectivity index (χ1v) is 8.98. The smallest absolute Gasteiger partial charge is 0.184 e. The number of hydrogen-bond acceptors (Lipinski definition) is 3. The van der Waals surface area contributed by atoms with Gasteiger partial charge in [0.05, 0.1) is 5.38 Å². The molecule has 0 saturated carbocycles. The quantitative estimate of drug-likeness (QED) is 0.495. The number of anilines is 1.